The second-order valence-electron chi connectivity index (χ2n) is 10.9. The zero-order valence-corrected chi connectivity index (χ0v) is 17.8. The number of aliphatic hydroxyl groups excluding tert-OH is 2. The Morgan fingerprint density at radius 2 is 1.12 bits per heavy atom. The van der Waals surface area contributed by atoms with E-state index >= 15 is 0 Å². The second-order valence-corrected chi connectivity index (χ2v) is 10.9. The molecule has 0 aromatic heterocycles. The lowest BCUT2D eigenvalue weighted by atomic mass is 9.55. The molecule has 2 rings (SSSR count). The molecule has 0 aromatic rings. The average Bonchev–Trinajstić information content (AvgIpc) is 2.44. The van der Waals surface area contributed by atoms with Crippen LogP contribution in [0.25, 0.3) is 0 Å². The van der Waals surface area contributed by atoms with E-state index in [9.17, 15) is 10.2 Å². The van der Waals surface area contributed by atoms with E-state index in [0.29, 0.717) is 29.6 Å². The van der Waals surface area contributed by atoms with Crippen LogP contribution < -0.4 is 0 Å². The summed E-state index contributed by atoms with van der Waals surface area (Å²) in [4.78, 5) is 0. The maximum Gasteiger partial charge on any atom is 0.0694 e. The highest BCUT2D eigenvalue weighted by Gasteiger charge is 2.54. The van der Waals surface area contributed by atoms with E-state index in [-0.39, 0.29) is 35.7 Å². The van der Waals surface area contributed by atoms with Gasteiger partial charge in [0.05, 0.1) is 11.7 Å². The predicted molar refractivity (Wildman–Crippen MR) is 103 cm³/mol. The Balaban J connectivity index is 2.20. The first kappa shape index (κ1) is 21.2. The molecule has 3 heteroatoms. The van der Waals surface area contributed by atoms with Gasteiger partial charge in [-0.25, -0.2) is 0 Å². The summed E-state index contributed by atoms with van der Waals surface area (Å²) in [5.74, 6) is 2.57. The summed E-state index contributed by atoms with van der Waals surface area (Å²) in [5.41, 5.74) is -0.163. The van der Waals surface area contributed by atoms with Gasteiger partial charge in [-0.1, -0.05) is 48.5 Å². The van der Waals surface area contributed by atoms with Crippen molar-refractivity contribution in [2.24, 2.45) is 40.4 Å². The first-order valence-corrected chi connectivity index (χ1v) is 10.3. The third-order valence-corrected chi connectivity index (χ3v) is 7.48. The van der Waals surface area contributed by atoms with Gasteiger partial charge in [0.1, 0.15) is 0 Å². The second kappa shape index (κ2) is 7.13. The SMILES string of the molecule is CC1CC2(CC(C)C1C(C)(C)CO)CC(C)C(C(C)(C)CO)C(C)O2. The first-order valence-electron chi connectivity index (χ1n) is 10.3. The van der Waals surface area contributed by atoms with Crippen LogP contribution in [-0.2, 0) is 4.74 Å². The van der Waals surface area contributed by atoms with Crippen molar-refractivity contribution in [1.29, 1.82) is 0 Å². The van der Waals surface area contributed by atoms with Crippen LogP contribution in [0.3, 0.4) is 0 Å². The quantitative estimate of drug-likeness (QED) is 0.781. The summed E-state index contributed by atoms with van der Waals surface area (Å²) in [5, 5.41) is 19.7. The molecule has 1 saturated carbocycles. The smallest absolute Gasteiger partial charge is 0.0694 e. The van der Waals surface area contributed by atoms with E-state index in [1.54, 1.807) is 0 Å². The Labute approximate surface area is 155 Å². The summed E-state index contributed by atoms with van der Waals surface area (Å²) in [6.07, 6.45) is 3.44. The van der Waals surface area contributed by atoms with Crippen LogP contribution in [0.1, 0.15) is 74.7 Å². The highest BCUT2D eigenvalue weighted by molar-refractivity contribution is 5.03. The van der Waals surface area contributed by atoms with Gasteiger partial charge < -0.3 is 14.9 Å². The number of hydrogen-bond acceptors (Lipinski definition) is 3. The van der Waals surface area contributed by atoms with E-state index in [1.807, 2.05) is 0 Å². The summed E-state index contributed by atoms with van der Waals surface area (Å²) in [6, 6.07) is 0. The maximum absolute atomic E-state index is 9.86. The third kappa shape index (κ3) is 3.94. The van der Waals surface area contributed by atoms with E-state index in [2.05, 4.69) is 55.4 Å². The number of aliphatic hydroxyl groups is 2. The molecule has 3 nitrogen and oxygen atoms in total. The molecule has 0 bridgehead atoms. The summed E-state index contributed by atoms with van der Waals surface area (Å²) < 4.78 is 6.75. The Hall–Kier alpha value is -0.120. The van der Waals surface area contributed by atoms with Gasteiger partial charge in [-0.2, -0.15) is 0 Å². The van der Waals surface area contributed by atoms with Crippen molar-refractivity contribution in [2.75, 3.05) is 13.2 Å². The highest BCUT2D eigenvalue weighted by atomic mass is 16.5. The van der Waals surface area contributed by atoms with E-state index in [1.165, 1.54) is 0 Å². The van der Waals surface area contributed by atoms with Gasteiger partial charge in [0, 0.05) is 13.2 Å². The molecule has 1 aliphatic carbocycles. The van der Waals surface area contributed by atoms with Crippen LogP contribution >= 0.6 is 0 Å². The van der Waals surface area contributed by atoms with Crippen LogP contribution in [0.5, 0.6) is 0 Å². The molecule has 0 radical (unpaired) electrons. The standard InChI is InChI=1S/C22H42O3/c1-14-9-22(10-15(2)18(14)20(5,6)12-23)11-16(3)19(17(4)25-22)21(7,8)13-24/h14-19,23-24H,9-13H2,1-8H3. The van der Waals surface area contributed by atoms with Crippen LogP contribution in [0.15, 0.2) is 0 Å². The van der Waals surface area contributed by atoms with Crippen molar-refractivity contribution in [2.45, 2.75) is 86.4 Å². The molecule has 1 saturated heterocycles. The van der Waals surface area contributed by atoms with Crippen molar-refractivity contribution in [3.8, 4) is 0 Å². The zero-order valence-electron chi connectivity index (χ0n) is 17.8. The van der Waals surface area contributed by atoms with Crippen LogP contribution in [0, 0.1) is 40.4 Å². The Morgan fingerprint density at radius 1 is 0.760 bits per heavy atom. The normalized spacial score (nSPS) is 43.4. The molecule has 1 spiro atoms. The minimum atomic E-state index is -0.103. The van der Waals surface area contributed by atoms with Gasteiger partial charge in [0.25, 0.3) is 0 Å². The van der Waals surface area contributed by atoms with Crippen LogP contribution in [0.4, 0.5) is 0 Å². The van der Waals surface area contributed by atoms with Crippen molar-refractivity contribution < 1.29 is 14.9 Å². The van der Waals surface area contributed by atoms with Crippen molar-refractivity contribution in [3.63, 3.8) is 0 Å². The van der Waals surface area contributed by atoms with Crippen LogP contribution in [-0.4, -0.2) is 35.1 Å². The van der Waals surface area contributed by atoms with E-state index < -0.39 is 0 Å². The van der Waals surface area contributed by atoms with Gasteiger partial charge in [-0.05, 0) is 66.6 Å². The third-order valence-electron chi connectivity index (χ3n) is 7.48. The van der Waals surface area contributed by atoms with Crippen molar-refractivity contribution in [3.05, 3.63) is 0 Å². The van der Waals surface area contributed by atoms with Crippen LogP contribution in [0.2, 0.25) is 0 Å². The fourth-order valence-electron chi connectivity index (χ4n) is 7.18. The lowest BCUT2D eigenvalue weighted by molar-refractivity contribution is -0.225. The van der Waals surface area contributed by atoms with Gasteiger partial charge in [-0.3, -0.25) is 0 Å². The summed E-state index contributed by atoms with van der Waals surface area (Å²) in [6.45, 7) is 18.5. The molecule has 1 heterocycles. The average molecular weight is 355 g/mol. The number of rotatable bonds is 4. The molecule has 0 aromatic carbocycles. The Morgan fingerprint density at radius 3 is 1.48 bits per heavy atom. The topological polar surface area (TPSA) is 49.7 Å². The molecule has 2 fully saturated rings. The van der Waals surface area contributed by atoms with Gasteiger partial charge in [0.15, 0.2) is 0 Å². The number of ether oxygens (including phenoxy) is 1. The highest BCUT2D eigenvalue weighted by Crippen LogP contribution is 2.55. The molecule has 0 amide bonds. The molecule has 2 N–H and O–H groups in total. The Bertz CT molecular complexity index is 387. The monoisotopic (exact) mass is 354 g/mol. The van der Waals surface area contributed by atoms with Gasteiger partial charge in [0.2, 0.25) is 0 Å². The Kier molecular flexibility index (Phi) is 6.04. The van der Waals surface area contributed by atoms with Gasteiger partial charge in [-0.15, -0.1) is 0 Å². The van der Waals surface area contributed by atoms with Crippen molar-refractivity contribution in [1.82, 2.24) is 0 Å². The predicted octanol–water partition coefficient (Wildman–Crippen LogP) is 4.51. The fourth-order valence-corrected chi connectivity index (χ4v) is 7.18. The molecule has 1 aliphatic heterocycles. The molecular formula is C22H42O3. The van der Waals surface area contributed by atoms with Crippen molar-refractivity contribution >= 4 is 0 Å². The fraction of sp³-hybridized carbons (Fsp3) is 1.00. The lowest BCUT2D eigenvalue weighted by Crippen LogP contribution is -2.57. The maximum atomic E-state index is 9.86. The molecule has 5 unspecified atom stereocenters. The van der Waals surface area contributed by atoms with E-state index in [0.717, 1.165) is 19.3 Å². The summed E-state index contributed by atoms with van der Waals surface area (Å²) >= 11 is 0. The lowest BCUT2D eigenvalue weighted by Gasteiger charge is -2.58. The minimum Gasteiger partial charge on any atom is -0.396 e. The molecule has 5 atom stereocenters. The summed E-state index contributed by atoms with van der Waals surface area (Å²) in [7, 11) is 0. The molecule has 25 heavy (non-hydrogen) atoms. The molecule has 2 aliphatic rings. The minimum absolute atomic E-state index is 0.0261. The molecular weight excluding hydrogens is 312 g/mol. The first-order chi connectivity index (χ1) is 11.4. The van der Waals surface area contributed by atoms with E-state index in [4.69, 9.17) is 4.74 Å². The zero-order chi connectivity index (χ0) is 19.2. The number of hydrogen-bond donors (Lipinski definition) is 2. The molecule has 148 valence electrons. The van der Waals surface area contributed by atoms with Gasteiger partial charge >= 0.3 is 0 Å². The largest absolute Gasteiger partial charge is 0.396 e.